The first-order valence-corrected chi connectivity index (χ1v) is 13.5. The molecule has 1 saturated heterocycles. The maximum absolute atomic E-state index is 13.4. The summed E-state index contributed by atoms with van der Waals surface area (Å²) in [6.45, 7) is 8.18. The van der Waals surface area contributed by atoms with E-state index in [9.17, 15) is 15.0 Å². The van der Waals surface area contributed by atoms with Crippen LogP contribution in [0.4, 0.5) is 0 Å². The predicted molar refractivity (Wildman–Crippen MR) is 141 cm³/mol. The summed E-state index contributed by atoms with van der Waals surface area (Å²) in [6.07, 6.45) is 4.22. The molecule has 2 fully saturated rings. The van der Waals surface area contributed by atoms with Gasteiger partial charge in [-0.3, -0.25) is 4.79 Å². The van der Waals surface area contributed by atoms with E-state index in [0.717, 1.165) is 48.0 Å². The fourth-order valence-corrected chi connectivity index (χ4v) is 6.05. The van der Waals surface area contributed by atoms with Gasteiger partial charge in [0, 0.05) is 61.0 Å². The number of nitrogens with two attached hydrogens (primary N) is 1. The molecular formula is C29H44N2O5. The van der Waals surface area contributed by atoms with E-state index in [1.54, 1.807) is 7.11 Å². The van der Waals surface area contributed by atoms with Gasteiger partial charge in [0.05, 0.1) is 11.7 Å². The average Bonchev–Trinajstić information content (AvgIpc) is 3.44. The average molecular weight is 501 g/mol. The molecule has 4 rings (SSSR count). The molecule has 0 bridgehead atoms. The number of furan rings is 1. The second-order valence-corrected chi connectivity index (χ2v) is 12.0. The summed E-state index contributed by atoms with van der Waals surface area (Å²) in [5, 5.41) is 23.5. The number of nitrogens with zero attached hydrogens (tertiary/aromatic N) is 1. The molecule has 5 atom stereocenters. The molecule has 0 spiro atoms. The molecule has 1 aliphatic carbocycles. The zero-order valence-electron chi connectivity index (χ0n) is 22.3. The number of para-hydroxylation sites is 1. The molecule has 1 unspecified atom stereocenters. The summed E-state index contributed by atoms with van der Waals surface area (Å²) in [6, 6.07) is 7.75. The number of hydrogen-bond donors (Lipinski definition) is 3. The van der Waals surface area contributed by atoms with Crippen LogP contribution in [-0.2, 0) is 20.5 Å². The molecule has 1 amide bonds. The Hall–Kier alpha value is -1.93. The van der Waals surface area contributed by atoms with E-state index >= 15 is 0 Å². The smallest absolute Gasteiger partial charge is 0.225 e. The highest BCUT2D eigenvalue weighted by Crippen LogP contribution is 2.44. The molecule has 7 heteroatoms. The molecule has 200 valence electrons. The summed E-state index contributed by atoms with van der Waals surface area (Å²) in [5.74, 6) is 0.584. The van der Waals surface area contributed by atoms with Crippen LogP contribution in [0.25, 0.3) is 11.0 Å². The van der Waals surface area contributed by atoms with Gasteiger partial charge in [0.2, 0.25) is 5.91 Å². The number of aliphatic hydroxyl groups excluding tert-OH is 1. The third-order valence-corrected chi connectivity index (χ3v) is 8.24. The first-order valence-electron chi connectivity index (χ1n) is 13.5. The van der Waals surface area contributed by atoms with Gasteiger partial charge in [-0.1, -0.05) is 39.0 Å². The number of unbranched alkanes of at least 4 members (excludes halogenated alkanes) is 1. The molecular weight excluding hydrogens is 456 g/mol. The van der Waals surface area contributed by atoms with Crippen LogP contribution in [0.1, 0.15) is 77.0 Å². The van der Waals surface area contributed by atoms with Crippen LogP contribution in [0.15, 0.2) is 28.7 Å². The Morgan fingerprint density at radius 2 is 2.03 bits per heavy atom. The quantitative estimate of drug-likeness (QED) is 0.472. The number of piperidine rings is 1. The second-order valence-electron chi connectivity index (χ2n) is 12.0. The third-order valence-electron chi connectivity index (χ3n) is 8.24. The molecule has 1 saturated carbocycles. The summed E-state index contributed by atoms with van der Waals surface area (Å²) in [4.78, 5) is 15.3. The van der Waals surface area contributed by atoms with Crippen LogP contribution in [0.2, 0.25) is 0 Å². The highest BCUT2D eigenvalue weighted by atomic mass is 16.5. The summed E-state index contributed by atoms with van der Waals surface area (Å²) >= 11 is 0. The van der Waals surface area contributed by atoms with E-state index in [4.69, 9.17) is 14.9 Å². The lowest BCUT2D eigenvalue weighted by atomic mass is 9.73. The van der Waals surface area contributed by atoms with Gasteiger partial charge in [-0.25, -0.2) is 0 Å². The van der Waals surface area contributed by atoms with Crippen LogP contribution in [-0.4, -0.2) is 60.0 Å². The van der Waals surface area contributed by atoms with Crippen molar-refractivity contribution in [1.29, 1.82) is 0 Å². The summed E-state index contributed by atoms with van der Waals surface area (Å²) < 4.78 is 11.7. The molecule has 7 nitrogen and oxygen atoms in total. The van der Waals surface area contributed by atoms with Crippen molar-refractivity contribution in [2.45, 2.75) is 88.9 Å². The van der Waals surface area contributed by atoms with E-state index < -0.39 is 11.7 Å². The van der Waals surface area contributed by atoms with E-state index in [1.165, 1.54) is 0 Å². The van der Waals surface area contributed by atoms with Crippen LogP contribution in [0.5, 0.6) is 0 Å². The highest BCUT2D eigenvalue weighted by Gasteiger charge is 2.44. The van der Waals surface area contributed by atoms with Crippen molar-refractivity contribution in [3.05, 3.63) is 35.6 Å². The molecule has 2 aliphatic rings. The van der Waals surface area contributed by atoms with Gasteiger partial charge >= 0.3 is 0 Å². The van der Waals surface area contributed by atoms with Crippen LogP contribution in [0, 0.1) is 11.8 Å². The topological polar surface area (TPSA) is 109 Å². The van der Waals surface area contributed by atoms with Crippen molar-refractivity contribution in [3.63, 3.8) is 0 Å². The molecule has 2 heterocycles. The number of methoxy groups -OCH3 is 1. The SMILES string of the molecule is COCCCC[C@@](O)(c1cccc2cc(C(C)(C)C)oc12)C1CCCN(C(=O)[C@H]2C[C@@H](N)[C@@H](O)C2)C1. The van der Waals surface area contributed by atoms with Gasteiger partial charge in [0.1, 0.15) is 11.3 Å². The van der Waals surface area contributed by atoms with Gasteiger partial charge in [-0.2, -0.15) is 0 Å². The van der Waals surface area contributed by atoms with Crippen molar-refractivity contribution in [1.82, 2.24) is 4.90 Å². The standard InChI is InChI=1S/C29H44N2O5/c1-28(2,3)25-17-19-9-7-11-22(26(19)36-25)29(34,12-5-6-14-35-4)21-10-8-13-31(18-21)27(33)20-15-23(30)24(32)16-20/h7,9,11,17,20-21,23-24,32,34H,5-6,8,10,12-16,18,30H2,1-4H3/t20-,21?,23+,24-,29-/m0/s1. The van der Waals surface area contributed by atoms with E-state index in [2.05, 4.69) is 26.8 Å². The first-order chi connectivity index (χ1) is 17.0. The minimum Gasteiger partial charge on any atom is -0.460 e. The zero-order chi connectivity index (χ0) is 26.1. The lowest BCUT2D eigenvalue weighted by Crippen LogP contribution is -2.49. The molecule has 4 N–H and O–H groups in total. The van der Waals surface area contributed by atoms with Crippen LogP contribution >= 0.6 is 0 Å². The fourth-order valence-electron chi connectivity index (χ4n) is 6.05. The van der Waals surface area contributed by atoms with Crippen LogP contribution < -0.4 is 5.73 Å². The van der Waals surface area contributed by atoms with Crippen LogP contribution in [0.3, 0.4) is 0 Å². The lowest BCUT2D eigenvalue weighted by molar-refractivity contribution is -0.141. The van der Waals surface area contributed by atoms with Crippen molar-refractivity contribution in [2.75, 3.05) is 26.8 Å². The van der Waals surface area contributed by atoms with Gasteiger partial charge in [0.25, 0.3) is 0 Å². The fraction of sp³-hybridized carbons (Fsp3) is 0.690. The van der Waals surface area contributed by atoms with Crippen molar-refractivity contribution >= 4 is 16.9 Å². The predicted octanol–water partition coefficient (Wildman–Crippen LogP) is 4.07. The number of benzene rings is 1. The van der Waals surface area contributed by atoms with Gasteiger partial charge in [0.15, 0.2) is 0 Å². The monoisotopic (exact) mass is 500 g/mol. The number of fused-ring (bicyclic) bond motifs is 1. The number of carbonyl (C=O) groups excluding carboxylic acids is 1. The number of amides is 1. The Kier molecular flexibility index (Phi) is 8.15. The van der Waals surface area contributed by atoms with Gasteiger partial charge in [-0.05, 0) is 51.0 Å². The maximum atomic E-state index is 13.4. The molecule has 36 heavy (non-hydrogen) atoms. The Labute approximate surface area is 215 Å². The highest BCUT2D eigenvalue weighted by molar-refractivity contribution is 5.82. The Morgan fingerprint density at radius 1 is 1.25 bits per heavy atom. The van der Waals surface area contributed by atoms with Gasteiger partial charge < -0.3 is 30.0 Å². The Bertz CT molecular complexity index is 1030. The number of hydrogen-bond acceptors (Lipinski definition) is 6. The Balaban J connectivity index is 1.65. The minimum absolute atomic E-state index is 0.0552. The first kappa shape index (κ1) is 27.1. The lowest BCUT2D eigenvalue weighted by Gasteiger charge is -2.43. The van der Waals surface area contributed by atoms with Gasteiger partial charge in [-0.15, -0.1) is 0 Å². The molecule has 2 aromatic rings. The van der Waals surface area contributed by atoms with E-state index in [-0.39, 0.29) is 29.2 Å². The number of rotatable bonds is 8. The normalized spacial score (nSPS) is 26.9. The molecule has 1 aromatic heterocycles. The number of ether oxygens (including phenoxy) is 1. The zero-order valence-corrected chi connectivity index (χ0v) is 22.3. The number of carbonyl (C=O) groups is 1. The van der Waals surface area contributed by atoms with Crippen molar-refractivity contribution in [3.8, 4) is 0 Å². The van der Waals surface area contributed by atoms with E-state index in [1.807, 2.05) is 23.1 Å². The second kappa shape index (κ2) is 10.8. The summed E-state index contributed by atoms with van der Waals surface area (Å²) in [7, 11) is 1.69. The minimum atomic E-state index is -1.13. The van der Waals surface area contributed by atoms with Crippen molar-refractivity contribution < 1.29 is 24.2 Å². The maximum Gasteiger partial charge on any atom is 0.225 e. The third kappa shape index (κ3) is 5.49. The van der Waals surface area contributed by atoms with Crippen molar-refractivity contribution in [2.24, 2.45) is 17.6 Å². The molecule has 1 aromatic carbocycles. The molecule has 1 aliphatic heterocycles. The summed E-state index contributed by atoms with van der Waals surface area (Å²) in [5.41, 5.74) is 6.26. The number of likely N-dealkylation sites (tertiary alicyclic amines) is 1. The molecule has 0 radical (unpaired) electrons. The Morgan fingerprint density at radius 3 is 2.69 bits per heavy atom. The largest absolute Gasteiger partial charge is 0.460 e. The number of aliphatic hydroxyl groups is 2. The van der Waals surface area contributed by atoms with E-state index in [0.29, 0.717) is 39.0 Å².